The van der Waals surface area contributed by atoms with Crippen LogP contribution in [-0.4, -0.2) is 0 Å². The SMILES string of the molecule is CCCCCCCCCCc1ccc(C2CCC(CCCCC)CC2)cc1. The van der Waals surface area contributed by atoms with Crippen LogP contribution in [0.4, 0.5) is 0 Å². The van der Waals surface area contributed by atoms with Crippen LogP contribution in [0.3, 0.4) is 0 Å². The molecule has 0 N–H and O–H groups in total. The molecule has 1 aromatic rings. The van der Waals surface area contributed by atoms with Crippen molar-refractivity contribution in [2.24, 2.45) is 5.92 Å². The van der Waals surface area contributed by atoms with E-state index in [1.807, 2.05) is 0 Å². The van der Waals surface area contributed by atoms with E-state index in [1.165, 1.54) is 109 Å². The summed E-state index contributed by atoms with van der Waals surface area (Å²) in [6.45, 7) is 4.61. The van der Waals surface area contributed by atoms with E-state index in [4.69, 9.17) is 0 Å². The van der Waals surface area contributed by atoms with E-state index in [1.54, 1.807) is 11.1 Å². The third kappa shape index (κ3) is 9.31. The van der Waals surface area contributed by atoms with Crippen molar-refractivity contribution >= 4 is 0 Å². The van der Waals surface area contributed by atoms with Gasteiger partial charge in [0.15, 0.2) is 0 Å². The molecule has 0 heterocycles. The third-order valence-corrected chi connectivity index (χ3v) is 6.83. The molecule has 27 heavy (non-hydrogen) atoms. The van der Waals surface area contributed by atoms with Crippen LogP contribution in [0, 0.1) is 5.92 Å². The number of benzene rings is 1. The molecular weight excluding hydrogens is 324 g/mol. The number of hydrogen-bond donors (Lipinski definition) is 0. The van der Waals surface area contributed by atoms with Crippen LogP contribution in [0.25, 0.3) is 0 Å². The predicted octanol–water partition coefficient (Wildman–Crippen LogP) is 9.22. The molecule has 1 fully saturated rings. The molecule has 0 radical (unpaired) electrons. The van der Waals surface area contributed by atoms with Gasteiger partial charge in [-0.3, -0.25) is 0 Å². The quantitative estimate of drug-likeness (QED) is 0.286. The first kappa shape index (κ1) is 22.5. The Balaban J connectivity index is 1.58. The zero-order valence-electron chi connectivity index (χ0n) is 18.5. The molecule has 0 heteroatoms. The van der Waals surface area contributed by atoms with E-state index in [9.17, 15) is 0 Å². The lowest BCUT2D eigenvalue weighted by Gasteiger charge is -2.29. The third-order valence-electron chi connectivity index (χ3n) is 6.83. The average Bonchev–Trinajstić information content (AvgIpc) is 2.71. The van der Waals surface area contributed by atoms with E-state index in [2.05, 4.69) is 38.1 Å². The first-order valence-corrected chi connectivity index (χ1v) is 12.4. The van der Waals surface area contributed by atoms with E-state index >= 15 is 0 Å². The molecule has 0 spiro atoms. The molecule has 0 nitrogen and oxygen atoms in total. The highest BCUT2D eigenvalue weighted by Crippen LogP contribution is 2.37. The van der Waals surface area contributed by atoms with Gasteiger partial charge in [0, 0.05) is 0 Å². The fourth-order valence-corrected chi connectivity index (χ4v) is 4.89. The maximum absolute atomic E-state index is 2.45. The topological polar surface area (TPSA) is 0 Å². The van der Waals surface area contributed by atoms with Crippen LogP contribution in [-0.2, 0) is 6.42 Å². The molecule has 0 aliphatic heterocycles. The van der Waals surface area contributed by atoms with Gasteiger partial charge >= 0.3 is 0 Å². The van der Waals surface area contributed by atoms with Crippen LogP contribution in [0.15, 0.2) is 24.3 Å². The van der Waals surface area contributed by atoms with Crippen molar-refractivity contribution in [1.82, 2.24) is 0 Å². The Bertz CT molecular complexity index is 449. The molecule has 2 rings (SSSR count). The Kier molecular flexibility index (Phi) is 11.9. The summed E-state index contributed by atoms with van der Waals surface area (Å²) >= 11 is 0. The second kappa shape index (κ2) is 14.3. The Hall–Kier alpha value is -0.780. The molecule has 1 aliphatic rings. The van der Waals surface area contributed by atoms with Gasteiger partial charge in [-0.1, -0.05) is 109 Å². The molecule has 0 unspecified atom stereocenters. The normalized spacial score (nSPS) is 20.1. The maximum atomic E-state index is 2.45. The summed E-state index contributed by atoms with van der Waals surface area (Å²) in [6.07, 6.45) is 24.1. The van der Waals surface area contributed by atoms with E-state index in [0.717, 1.165) is 11.8 Å². The standard InChI is InChI=1S/C27H46/c1-3-5-7-8-9-10-11-13-15-25-18-22-27(23-19-25)26-20-16-24(17-21-26)14-12-6-4-2/h18-19,22-24,26H,3-17,20-21H2,1-2H3. The fourth-order valence-electron chi connectivity index (χ4n) is 4.89. The van der Waals surface area contributed by atoms with E-state index in [-0.39, 0.29) is 0 Å². The van der Waals surface area contributed by atoms with Crippen molar-refractivity contribution in [3.63, 3.8) is 0 Å². The number of aryl methyl sites for hydroxylation is 1. The van der Waals surface area contributed by atoms with Crippen molar-refractivity contribution in [3.8, 4) is 0 Å². The lowest BCUT2D eigenvalue weighted by Crippen LogP contribution is -2.13. The van der Waals surface area contributed by atoms with Crippen molar-refractivity contribution in [2.45, 2.75) is 129 Å². The lowest BCUT2D eigenvalue weighted by atomic mass is 9.77. The van der Waals surface area contributed by atoms with E-state index < -0.39 is 0 Å². The molecule has 0 saturated heterocycles. The highest BCUT2D eigenvalue weighted by molar-refractivity contribution is 5.25. The van der Waals surface area contributed by atoms with Gasteiger partial charge in [0.05, 0.1) is 0 Å². The minimum absolute atomic E-state index is 0.838. The Morgan fingerprint density at radius 3 is 1.81 bits per heavy atom. The van der Waals surface area contributed by atoms with Crippen molar-refractivity contribution in [2.75, 3.05) is 0 Å². The van der Waals surface area contributed by atoms with Crippen molar-refractivity contribution < 1.29 is 0 Å². The molecule has 0 aromatic heterocycles. The smallest absolute Gasteiger partial charge is 0.0162 e. The zero-order valence-corrected chi connectivity index (χ0v) is 18.5. The molecule has 0 amide bonds. The minimum Gasteiger partial charge on any atom is -0.0654 e. The second-order valence-electron chi connectivity index (χ2n) is 9.18. The summed E-state index contributed by atoms with van der Waals surface area (Å²) < 4.78 is 0. The summed E-state index contributed by atoms with van der Waals surface area (Å²) in [5, 5.41) is 0. The Morgan fingerprint density at radius 2 is 1.19 bits per heavy atom. The van der Waals surface area contributed by atoms with Gasteiger partial charge in [-0.15, -0.1) is 0 Å². The summed E-state index contributed by atoms with van der Waals surface area (Å²) in [5.41, 5.74) is 3.17. The van der Waals surface area contributed by atoms with Crippen LogP contribution >= 0.6 is 0 Å². The maximum Gasteiger partial charge on any atom is -0.0162 e. The predicted molar refractivity (Wildman–Crippen MR) is 122 cm³/mol. The molecule has 1 aromatic carbocycles. The summed E-state index contributed by atoms with van der Waals surface area (Å²) in [6, 6.07) is 9.73. The van der Waals surface area contributed by atoms with Gasteiger partial charge in [0.25, 0.3) is 0 Å². The monoisotopic (exact) mass is 370 g/mol. The first-order valence-electron chi connectivity index (χ1n) is 12.4. The van der Waals surface area contributed by atoms with Crippen LogP contribution < -0.4 is 0 Å². The molecule has 1 saturated carbocycles. The van der Waals surface area contributed by atoms with Gasteiger partial charge in [0.2, 0.25) is 0 Å². The number of hydrogen-bond acceptors (Lipinski definition) is 0. The van der Waals surface area contributed by atoms with Crippen LogP contribution in [0.1, 0.15) is 134 Å². The number of rotatable bonds is 14. The zero-order chi connectivity index (χ0) is 19.2. The van der Waals surface area contributed by atoms with Crippen molar-refractivity contribution in [3.05, 3.63) is 35.4 Å². The Labute approximate surface area is 170 Å². The fraction of sp³-hybridized carbons (Fsp3) is 0.778. The van der Waals surface area contributed by atoms with Gasteiger partial charge in [-0.2, -0.15) is 0 Å². The van der Waals surface area contributed by atoms with E-state index in [0.29, 0.717) is 0 Å². The van der Waals surface area contributed by atoms with Crippen LogP contribution in [0.5, 0.6) is 0 Å². The lowest BCUT2D eigenvalue weighted by molar-refractivity contribution is 0.303. The largest absolute Gasteiger partial charge is 0.0654 e. The average molecular weight is 371 g/mol. The molecule has 0 bridgehead atoms. The summed E-state index contributed by atoms with van der Waals surface area (Å²) in [5.74, 6) is 1.86. The highest BCUT2D eigenvalue weighted by atomic mass is 14.3. The van der Waals surface area contributed by atoms with Gasteiger partial charge < -0.3 is 0 Å². The molecule has 154 valence electrons. The van der Waals surface area contributed by atoms with Gasteiger partial charge in [-0.05, 0) is 61.5 Å². The van der Waals surface area contributed by atoms with Gasteiger partial charge in [-0.25, -0.2) is 0 Å². The second-order valence-corrected chi connectivity index (χ2v) is 9.18. The van der Waals surface area contributed by atoms with Crippen molar-refractivity contribution in [1.29, 1.82) is 0 Å². The first-order chi connectivity index (χ1) is 13.3. The molecular formula is C27H46. The summed E-state index contributed by atoms with van der Waals surface area (Å²) in [7, 11) is 0. The highest BCUT2D eigenvalue weighted by Gasteiger charge is 2.21. The van der Waals surface area contributed by atoms with Gasteiger partial charge in [0.1, 0.15) is 0 Å². The minimum atomic E-state index is 0.838. The number of unbranched alkanes of at least 4 members (excludes halogenated alkanes) is 9. The molecule has 1 aliphatic carbocycles. The Morgan fingerprint density at radius 1 is 0.630 bits per heavy atom. The summed E-state index contributed by atoms with van der Waals surface area (Å²) in [4.78, 5) is 0. The molecule has 0 atom stereocenters. The van der Waals surface area contributed by atoms with Crippen LogP contribution in [0.2, 0.25) is 0 Å².